The molecule has 0 aromatic heterocycles. The molecule has 7 heteroatoms. The Hall–Kier alpha value is -2.41. The number of para-hydroxylation sites is 1. The SMILES string of the molecule is CC(C)C(C(=O)NCCS(=O)(=O)Nc1ccccc1)c1ccc(F)cc1. The Morgan fingerprint density at radius 3 is 2.23 bits per heavy atom. The Morgan fingerprint density at radius 1 is 1.04 bits per heavy atom. The third kappa shape index (κ3) is 5.84. The van der Waals surface area contributed by atoms with Gasteiger partial charge in [0.25, 0.3) is 0 Å². The fourth-order valence-electron chi connectivity index (χ4n) is 2.66. The van der Waals surface area contributed by atoms with E-state index in [2.05, 4.69) is 10.0 Å². The van der Waals surface area contributed by atoms with Crippen molar-refractivity contribution < 1.29 is 17.6 Å². The zero-order chi connectivity index (χ0) is 19.2. The minimum absolute atomic E-state index is 0.00852. The summed E-state index contributed by atoms with van der Waals surface area (Å²) >= 11 is 0. The molecule has 0 radical (unpaired) electrons. The van der Waals surface area contributed by atoms with E-state index in [0.29, 0.717) is 11.3 Å². The second-order valence-corrected chi connectivity index (χ2v) is 8.19. The summed E-state index contributed by atoms with van der Waals surface area (Å²) in [6, 6.07) is 14.3. The largest absolute Gasteiger partial charge is 0.354 e. The van der Waals surface area contributed by atoms with Crippen LogP contribution in [0.3, 0.4) is 0 Å². The summed E-state index contributed by atoms with van der Waals surface area (Å²) in [5.74, 6) is -1.36. The van der Waals surface area contributed by atoms with E-state index in [4.69, 9.17) is 0 Å². The third-order valence-electron chi connectivity index (χ3n) is 3.90. The van der Waals surface area contributed by atoms with Crippen LogP contribution in [-0.4, -0.2) is 26.6 Å². The zero-order valence-electron chi connectivity index (χ0n) is 14.8. The highest BCUT2D eigenvalue weighted by Gasteiger charge is 2.24. The van der Waals surface area contributed by atoms with Crippen LogP contribution in [0.25, 0.3) is 0 Å². The van der Waals surface area contributed by atoms with Crippen molar-refractivity contribution in [1.82, 2.24) is 5.32 Å². The van der Waals surface area contributed by atoms with Gasteiger partial charge in [-0.25, -0.2) is 12.8 Å². The van der Waals surface area contributed by atoms with Crippen LogP contribution < -0.4 is 10.0 Å². The normalized spacial score (nSPS) is 12.6. The topological polar surface area (TPSA) is 75.3 Å². The molecule has 2 aromatic carbocycles. The lowest BCUT2D eigenvalue weighted by Crippen LogP contribution is -2.36. The molecule has 0 saturated heterocycles. The van der Waals surface area contributed by atoms with Gasteiger partial charge in [-0.15, -0.1) is 0 Å². The maximum Gasteiger partial charge on any atom is 0.234 e. The summed E-state index contributed by atoms with van der Waals surface area (Å²) in [6.07, 6.45) is 0. The minimum Gasteiger partial charge on any atom is -0.354 e. The summed E-state index contributed by atoms with van der Waals surface area (Å²) in [7, 11) is -3.56. The van der Waals surface area contributed by atoms with E-state index in [9.17, 15) is 17.6 Å². The van der Waals surface area contributed by atoms with E-state index >= 15 is 0 Å². The maximum absolute atomic E-state index is 13.1. The van der Waals surface area contributed by atoms with Crippen molar-refractivity contribution in [3.63, 3.8) is 0 Å². The fourth-order valence-corrected chi connectivity index (χ4v) is 3.63. The van der Waals surface area contributed by atoms with E-state index in [0.717, 1.165) is 0 Å². The van der Waals surface area contributed by atoms with Gasteiger partial charge in [-0.05, 0) is 35.7 Å². The van der Waals surface area contributed by atoms with Gasteiger partial charge in [-0.1, -0.05) is 44.2 Å². The first-order chi connectivity index (χ1) is 12.3. The van der Waals surface area contributed by atoms with E-state index in [1.807, 2.05) is 13.8 Å². The molecule has 2 rings (SSSR count). The molecule has 1 amide bonds. The van der Waals surface area contributed by atoms with Crippen LogP contribution >= 0.6 is 0 Å². The van der Waals surface area contributed by atoms with E-state index in [1.165, 1.54) is 12.1 Å². The van der Waals surface area contributed by atoms with Gasteiger partial charge >= 0.3 is 0 Å². The average molecular weight is 378 g/mol. The molecule has 0 bridgehead atoms. The van der Waals surface area contributed by atoms with Crippen molar-refractivity contribution in [2.75, 3.05) is 17.0 Å². The second kappa shape index (κ2) is 8.80. The molecule has 0 fully saturated rings. The molecule has 2 aromatic rings. The molecule has 0 heterocycles. The summed E-state index contributed by atoms with van der Waals surface area (Å²) in [4.78, 5) is 12.5. The number of anilines is 1. The molecule has 2 N–H and O–H groups in total. The maximum atomic E-state index is 13.1. The molecule has 0 aliphatic heterocycles. The van der Waals surface area contributed by atoms with Crippen molar-refractivity contribution >= 4 is 21.6 Å². The Bertz CT molecular complexity index is 822. The number of carbonyl (C=O) groups is 1. The summed E-state index contributed by atoms with van der Waals surface area (Å²) in [5.41, 5.74) is 1.18. The fraction of sp³-hybridized carbons (Fsp3) is 0.316. The molecular weight excluding hydrogens is 355 g/mol. The molecule has 0 spiro atoms. The molecule has 0 aliphatic carbocycles. The predicted octanol–water partition coefficient (Wildman–Crippen LogP) is 3.12. The number of hydrogen-bond donors (Lipinski definition) is 2. The quantitative estimate of drug-likeness (QED) is 0.741. The minimum atomic E-state index is -3.56. The Labute approximate surface area is 153 Å². The Balaban J connectivity index is 1.94. The third-order valence-corrected chi connectivity index (χ3v) is 5.18. The Kier molecular flexibility index (Phi) is 6.74. The first-order valence-electron chi connectivity index (χ1n) is 8.37. The number of sulfonamides is 1. The van der Waals surface area contributed by atoms with E-state index < -0.39 is 15.9 Å². The molecule has 5 nitrogen and oxygen atoms in total. The van der Waals surface area contributed by atoms with Gasteiger partial charge in [0.1, 0.15) is 5.82 Å². The van der Waals surface area contributed by atoms with Gasteiger partial charge in [0.05, 0.1) is 11.7 Å². The van der Waals surface area contributed by atoms with Gasteiger partial charge < -0.3 is 5.32 Å². The Morgan fingerprint density at radius 2 is 1.65 bits per heavy atom. The lowest BCUT2D eigenvalue weighted by atomic mass is 9.87. The van der Waals surface area contributed by atoms with Crippen LogP contribution in [0.4, 0.5) is 10.1 Å². The lowest BCUT2D eigenvalue weighted by Gasteiger charge is -2.21. The number of carbonyl (C=O) groups excluding carboxylic acids is 1. The molecule has 140 valence electrons. The summed E-state index contributed by atoms with van der Waals surface area (Å²) < 4.78 is 39.7. The van der Waals surface area contributed by atoms with Crippen LogP contribution in [0.5, 0.6) is 0 Å². The zero-order valence-corrected chi connectivity index (χ0v) is 15.6. The lowest BCUT2D eigenvalue weighted by molar-refractivity contribution is -0.123. The first-order valence-corrected chi connectivity index (χ1v) is 10.0. The van der Waals surface area contributed by atoms with E-state index in [-0.39, 0.29) is 29.9 Å². The molecule has 0 aliphatic rings. The first kappa shape index (κ1) is 19.9. The summed E-state index contributed by atoms with van der Waals surface area (Å²) in [5, 5.41) is 2.67. The highest BCUT2D eigenvalue weighted by atomic mass is 32.2. The van der Waals surface area contributed by atoms with Gasteiger partial charge in [-0.2, -0.15) is 0 Å². The van der Waals surface area contributed by atoms with Crippen molar-refractivity contribution in [1.29, 1.82) is 0 Å². The van der Waals surface area contributed by atoms with Crippen LogP contribution in [0.1, 0.15) is 25.3 Å². The highest BCUT2D eigenvalue weighted by Crippen LogP contribution is 2.24. The molecular formula is C19H23FN2O3S. The van der Waals surface area contributed by atoms with Crippen molar-refractivity contribution in [2.24, 2.45) is 5.92 Å². The summed E-state index contributed by atoms with van der Waals surface area (Å²) in [6.45, 7) is 3.77. The molecule has 1 atom stereocenters. The smallest absolute Gasteiger partial charge is 0.234 e. The van der Waals surface area contributed by atoms with Crippen molar-refractivity contribution in [2.45, 2.75) is 19.8 Å². The average Bonchev–Trinajstić information content (AvgIpc) is 2.57. The number of amides is 1. The van der Waals surface area contributed by atoms with Crippen LogP contribution in [0.15, 0.2) is 54.6 Å². The molecule has 0 saturated carbocycles. The number of nitrogens with one attached hydrogen (secondary N) is 2. The van der Waals surface area contributed by atoms with Crippen molar-refractivity contribution in [3.8, 4) is 0 Å². The van der Waals surface area contributed by atoms with Crippen LogP contribution in [-0.2, 0) is 14.8 Å². The number of hydrogen-bond acceptors (Lipinski definition) is 3. The van der Waals surface area contributed by atoms with Crippen molar-refractivity contribution in [3.05, 3.63) is 66.0 Å². The monoisotopic (exact) mass is 378 g/mol. The van der Waals surface area contributed by atoms with Gasteiger partial charge in [0, 0.05) is 12.2 Å². The molecule has 26 heavy (non-hydrogen) atoms. The molecule has 1 unspecified atom stereocenters. The predicted molar refractivity (Wildman–Crippen MR) is 101 cm³/mol. The van der Waals surface area contributed by atoms with Gasteiger partial charge in [0.15, 0.2) is 0 Å². The highest BCUT2D eigenvalue weighted by molar-refractivity contribution is 7.92. The van der Waals surface area contributed by atoms with Gasteiger partial charge in [0.2, 0.25) is 15.9 Å². The van der Waals surface area contributed by atoms with Crippen LogP contribution in [0, 0.1) is 11.7 Å². The standard InChI is InChI=1S/C19H23FN2O3S/c1-14(2)18(15-8-10-16(20)11-9-15)19(23)21-12-13-26(24,25)22-17-6-4-3-5-7-17/h3-11,14,18,22H,12-13H2,1-2H3,(H,21,23). The number of halogens is 1. The van der Waals surface area contributed by atoms with Crippen LogP contribution in [0.2, 0.25) is 0 Å². The number of benzene rings is 2. The van der Waals surface area contributed by atoms with Gasteiger partial charge in [-0.3, -0.25) is 9.52 Å². The second-order valence-electron chi connectivity index (χ2n) is 6.35. The van der Waals surface area contributed by atoms with E-state index in [1.54, 1.807) is 42.5 Å². The number of rotatable bonds is 8.